The molecule has 1 aliphatic heterocycles. The lowest BCUT2D eigenvalue weighted by Crippen LogP contribution is -2.49. The molecule has 2 heterocycles. The van der Waals surface area contributed by atoms with Crippen molar-refractivity contribution in [3.8, 4) is 0 Å². The van der Waals surface area contributed by atoms with Gasteiger partial charge in [0, 0.05) is 44.1 Å². The van der Waals surface area contributed by atoms with Crippen LogP contribution in [-0.2, 0) is 4.74 Å². The number of hydrogen-bond acceptors (Lipinski definition) is 5. The number of ether oxygens (including phenoxy) is 1. The lowest BCUT2D eigenvalue weighted by molar-refractivity contribution is 0.0934. The highest BCUT2D eigenvalue weighted by atomic mass is 16.6. The van der Waals surface area contributed by atoms with E-state index < -0.39 is 0 Å². The van der Waals surface area contributed by atoms with Gasteiger partial charge in [0.2, 0.25) is 0 Å². The molecular formula is C17H26N4O3. The van der Waals surface area contributed by atoms with Crippen LogP contribution in [0.25, 0.3) is 0 Å². The molecule has 1 N–H and O–H groups in total. The highest BCUT2D eigenvalue weighted by molar-refractivity contribution is 5.93. The number of nitrogens with one attached hydrogen (secondary N) is 1. The largest absolute Gasteiger partial charge is 0.450 e. The molecule has 132 valence electrons. The summed E-state index contributed by atoms with van der Waals surface area (Å²) in [6.45, 7) is 8.80. The summed E-state index contributed by atoms with van der Waals surface area (Å²) < 4.78 is 5.03. The molecule has 1 saturated heterocycles. The first-order valence-corrected chi connectivity index (χ1v) is 8.48. The minimum atomic E-state index is -0.263. The Morgan fingerprint density at radius 1 is 1.29 bits per heavy atom. The van der Waals surface area contributed by atoms with Crippen LogP contribution in [-0.4, -0.2) is 60.7 Å². The lowest BCUT2D eigenvalue weighted by Gasteiger charge is -2.35. The Hall–Kier alpha value is -2.31. The van der Waals surface area contributed by atoms with Gasteiger partial charge in [-0.3, -0.25) is 9.78 Å². The van der Waals surface area contributed by atoms with E-state index in [2.05, 4.69) is 15.2 Å². The van der Waals surface area contributed by atoms with Crippen LogP contribution in [0.2, 0.25) is 0 Å². The van der Waals surface area contributed by atoms with Crippen LogP contribution >= 0.6 is 0 Å². The zero-order valence-electron chi connectivity index (χ0n) is 14.6. The van der Waals surface area contributed by atoms with E-state index >= 15 is 0 Å². The summed E-state index contributed by atoms with van der Waals surface area (Å²) in [5, 5.41) is 2.92. The fourth-order valence-electron chi connectivity index (χ4n) is 2.50. The number of amides is 2. The molecule has 24 heavy (non-hydrogen) atoms. The number of piperazine rings is 1. The van der Waals surface area contributed by atoms with Gasteiger partial charge >= 0.3 is 6.09 Å². The summed E-state index contributed by atoms with van der Waals surface area (Å²) in [5.41, 5.74) is 1.36. The van der Waals surface area contributed by atoms with E-state index in [1.54, 1.807) is 24.1 Å². The van der Waals surface area contributed by atoms with Gasteiger partial charge in [0.15, 0.2) is 0 Å². The van der Waals surface area contributed by atoms with E-state index in [1.807, 2.05) is 19.9 Å². The molecule has 1 unspecified atom stereocenters. The highest BCUT2D eigenvalue weighted by Gasteiger charge is 2.22. The summed E-state index contributed by atoms with van der Waals surface area (Å²) in [6, 6.07) is 3.81. The van der Waals surface area contributed by atoms with Crippen molar-refractivity contribution in [3.05, 3.63) is 24.0 Å². The Morgan fingerprint density at radius 2 is 2.00 bits per heavy atom. The zero-order valence-corrected chi connectivity index (χ0v) is 14.6. The molecule has 2 amide bonds. The van der Waals surface area contributed by atoms with Crippen molar-refractivity contribution in [1.29, 1.82) is 0 Å². The van der Waals surface area contributed by atoms with Crippen LogP contribution in [0.5, 0.6) is 0 Å². The average molecular weight is 334 g/mol. The minimum Gasteiger partial charge on any atom is -0.450 e. The second-order valence-electron chi connectivity index (χ2n) is 5.86. The number of rotatable bonds is 5. The van der Waals surface area contributed by atoms with Crippen molar-refractivity contribution >= 4 is 17.7 Å². The zero-order chi connectivity index (χ0) is 17.5. The van der Waals surface area contributed by atoms with Gasteiger partial charge < -0.3 is 19.9 Å². The van der Waals surface area contributed by atoms with E-state index in [-0.39, 0.29) is 18.0 Å². The van der Waals surface area contributed by atoms with Crippen molar-refractivity contribution < 1.29 is 14.3 Å². The second-order valence-corrected chi connectivity index (χ2v) is 5.86. The standard InChI is InChI=1S/C17H26N4O3/c1-4-13(3)19-16(22)15-12-14(6-7-18-15)20-8-10-21(11-9-20)17(23)24-5-2/h6-7,12-13H,4-5,8-11H2,1-3H3,(H,19,22). The third-order valence-electron chi connectivity index (χ3n) is 4.14. The van der Waals surface area contributed by atoms with Gasteiger partial charge in [-0.1, -0.05) is 6.92 Å². The molecule has 0 aliphatic carbocycles. The molecule has 1 atom stereocenters. The van der Waals surface area contributed by atoms with Crippen molar-refractivity contribution in [2.75, 3.05) is 37.7 Å². The van der Waals surface area contributed by atoms with Gasteiger partial charge in [-0.2, -0.15) is 0 Å². The number of anilines is 1. The number of aromatic nitrogens is 1. The van der Waals surface area contributed by atoms with Gasteiger partial charge in [-0.15, -0.1) is 0 Å². The molecule has 1 aromatic heterocycles. The van der Waals surface area contributed by atoms with Gasteiger partial charge in [-0.05, 0) is 32.4 Å². The number of carbonyl (C=O) groups excluding carboxylic acids is 2. The Balaban J connectivity index is 1.97. The topological polar surface area (TPSA) is 74.8 Å². The Kier molecular flexibility index (Phi) is 6.40. The fraction of sp³-hybridized carbons (Fsp3) is 0.588. The molecule has 7 nitrogen and oxygen atoms in total. The predicted octanol–water partition coefficient (Wildman–Crippen LogP) is 1.89. The number of pyridine rings is 1. The second kappa shape index (κ2) is 8.52. The van der Waals surface area contributed by atoms with E-state index in [9.17, 15) is 9.59 Å². The van der Waals surface area contributed by atoms with Crippen LogP contribution in [0.3, 0.4) is 0 Å². The lowest BCUT2D eigenvalue weighted by atomic mass is 10.2. The number of hydrogen-bond donors (Lipinski definition) is 1. The molecular weight excluding hydrogens is 308 g/mol. The van der Waals surface area contributed by atoms with Crippen molar-refractivity contribution in [2.45, 2.75) is 33.2 Å². The maximum Gasteiger partial charge on any atom is 0.409 e. The van der Waals surface area contributed by atoms with Crippen LogP contribution in [0.1, 0.15) is 37.7 Å². The molecule has 0 radical (unpaired) electrons. The maximum absolute atomic E-state index is 12.2. The molecule has 0 aromatic carbocycles. The molecule has 1 fully saturated rings. The third kappa shape index (κ3) is 4.59. The fourth-order valence-corrected chi connectivity index (χ4v) is 2.50. The molecule has 1 aliphatic rings. The van der Waals surface area contributed by atoms with Gasteiger partial charge in [-0.25, -0.2) is 4.79 Å². The molecule has 1 aromatic rings. The molecule has 0 bridgehead atoms. The molecule has 2 rings (SSSR count). The summed E-state index contributed by atoms with van der Waals surface area (Å²) in [6.07, 6.45) is 2.26. The van der Waals surface area contributed by atoms with E-state index in [1.165, 1.54) is 0 Å². The SMILES string of the molecule is CCOC(=O)N1CCN(c2ccnc(C(=O)NC(C)CC)c2)CC1. The number of nitrogens with zero attached hydrogens (tertiary/aromatic N) is 3. The smallest absolute Gasteiger partial charge is 0.409 e. The summed E-state index contributed by atoms with van der Waals surface area (Å²) >= 11 is 0. The first kappa shape index (κ1) is 18.0. The quantitative estimate of drug-likeness (QED) is 0.890. The number of carbonyl (C=O) groups is 2. The maximum atomic E-state index is 12.2. The van der Waals surface area contributed by atoms with Crippen LogP contribution in [0.15, 0.2) is 18.3 Å². The van der Waals surface area contributed by atoms with Crippen LogP contribution < -0.4 is 10.2 Å². The normalized spacial score (nSPS) is 15.8. The first-order valence-electron chi connectivity index (χ1n) is 8.48. The van der Waals surface area contributed by atoms with Crippen molar-refractivity contribution in [3.63, 3.8) is 0 Å². The summed E-state index contributed by atoms with van der Waals surface area (Å²) in [7, 11) is 0. The summed E-state index contributed by atoms with van der Waals surface area (Å²) in [5.74, 6) is -0.156. The van der Waals surface area contributed by atoms with Gasteiger partial charge in [0.25, 0.3) is 5.91 Å². The first-order chi connectivity index (χ1) is 11.5. The predicted molar refractivity (Wildman–Crippen MR) is 92.3 cm³/mol. The van der Waals surface area contributed by atoms with Crippen LogP contribution in [0.4, 0.5) is 10.5 Å². The third-order valence-corrected chi connectivity index (χ3v) is 4.14. The minimum absolute atomic E-state index is 0.121. The Labute approximate surface area is 143 Å². The van der Waals surface area contributed by atoms with Crippen LogP contribution in [0, 0.1) is 0 Å². The molecule has 7 heteroatoms. The Morgan fingerprint density at radius 3 is 2.62 bits per heavy atom. The van der Waals surface area contributed by atoms with E-state index in [0.717, 1.165) is 12.1 Å². The van der Waals surface area contributed by atoms with E-state index in [4.69, 9.17) is 4.74 Å². The van der Waals surface area contributed by atoms with Crippen molar-refractivity contribution in [1.82, 2.24) is 15.2 Å². The average Bonchev–Trinajstić information content (AvgIpc) is 2.62. The summed E-state index contributed by atoms with van der Waals surface area (Å²) in [4.78, 5) is 32.0. The molecule has 0 saturated carbocycles. The van der Waals surface area contributed by atoms with Gasteiger partial charge in [0.05, 0.1) is 6.61 Å². The van der Waals surface area contributed by atoms with E-state index in [0.29, 0.717) is 38.5 Å². The van der Waals surface area contributed by atoms with Crippen molar-refractivity contribution in [2.24, 2.45) is 0 Å². The molecule has 0 spiro atoms. The van der Waals surface area contributed by atoms with Gasteiger partial charge in [0.1, 0.15) is 5.69 Å². The monoisotopic (exact) mass is 334 g/mol. The Bertz CT molecular complexity index is 571. The highest BCUT2D eigenvalue weighted by Crippen LogP contribution is 2.17.